The monoisotopic (exact) mass is 336 g/mol. The highest BCUT2D eigenvalue weighted by atomic mass is 16.5. The predicted octanol–water partition coefficient (Wildman–Crippen LogP) is 2.83. The molecule has 2 aromatic carbocycles. The summed E-state index contributed by atoms with van der Waals surface area (Å²) < 4.78 is 7.06. The molecule has 0 spiro atoms. The highest BCUT2D eigenvalue weighted by molar-refractivity contribution is 5.82. The molecule has 0 aliphatic heterocycles. The lowest BCUT2D eigenvalue weighted by atomic mass is 10.1. The maximum atomic E-state index is 12.6. The van der Waals surface area contributed by atoms with Crippen molar-refractivity contribution in [3.8, 4) is 5.69 Å². The van der Waals surface area contributed by atoms with E-state index >= 15 is 0 Å². The minimum atomic E-state index is -0.627. The van der Waals surface area contributed by atoms with Crippen LogP contribution in [-0.4, -0.2) is 28.0 Å². The number of carbonyl (C=O) groups is 1. The van der Waals surface area contributed by atoms with Gasteiger partial charge in [0.1, 0.15) is 0 Å². The first-order chi connectivity index (χ1) is 12.2. The summed E-state index contributed by atoms with van der Waals surface area (Å²) in [4.78, 5) is 12.6. The van der Waals surface area contributed by atoms with E-state index in [0.29, 0.717) is 0 Å². The molecule has 0 bridgehead atoms. The van der Waals surface area contributed by atoms with E-state index in [-0.39, 0.29) is 11.9 Å². The van der Waals surface area contributed by atoms with Gasteiger partial charge in [-0.1, -0.05) is 47.7 Å². The van der Waals surface area contributed by atoms with Crippen molar-refractivity contribution in [2.24, 2.45) is 0 Å². The number of nitrogens with one attached hydrogen (secondary N) is 1. The number of nitrogens with zero attached hydrogens (tertiary/aromatic N) is 3. The van der Waals surface area contributed by atoms with Gasteiger partial charge < -0.3 is 10.1 Å². The van der Waals surface area contributed by atoms with Crippen LogP contribution in [0.15, 0.2) is 67.0 Å². The number of aromatic nitrogens is 3. The Morgan fingerprint density at radius 1 is 1.08 bits per heavy atom. The summed E-state index contributed by atoms with van der Waals surface area (Å²) in [6, 6.07) is 17.1. The molecule has 0 radical (unpaired) electrons. The molecular weight excluding hydrogens is 316 g/mol. The molecule has 1 heterocycles. The molecule has 1 amide bonds. The number of methoxy groups -OCH3 is 1. The maximum Gasteiger partial charge on any atom is 0.254 e. The quantitative estimate of drug-likeness (QED) is 0.751. The number of hydrogen-bond acceptors (Lipinski definition) is 4. The van der Waals surface area contributed by atoms with Crippen LogP contribution >= 0.6 is 0 Å². The van der Waals surface area contributed by atoms with Crippen molar-refractivity contribution in [1.29, 1.82) is 0 Å². The molecule has 6 nitrogen and oxygen atoms in total. The Balaban J connectivity index is 1.68. The molecule has 0 fully saturated rings. The SMILES string of the molecule is CO[C@@H](C(=O)NC(C)c1ccc(-n2ccnn2)cc1)c1ccccc1. The molecule has 0 aliphatic rings. The molecule has 0 aliphatic carbocycles. The van der Waals surface area contributed by atoms with Gasteiger partial charge in [0.05, 0.1) is 24.1 Å². The average Bonchev–Trinajstić information content (AvgIpc) is 3.18. The second kappa shape index (κ2) is 7.72. The Morgan fingerprint density at radius 3 is 2.40 bits per heavy atom. The Hall–Kier alpha value is -2.99. The largest absolute Gasteiger partial charge is 0.367 e. The van der Waals surface area contributed by atoms with Gasteiger partial charge >= 0.3 is 0 Å². The highest BCUT2D eigenvalue weighted by Gasteiger charge is 2.21. The van der Waals surface area contributed by atoms with Crippen molar-refractivity contribution in [3.05, 3.63) is 78.1 Å². The Kier molecular flexibility index (Phi) is 5.20. The standard InChI is InChI=1S/C19H20N4O2/c1-14(15-8-10-17(11-9-15)23-13-12-20-22-23)21-19(24)18(25-2)16-6-4-3-5-7-16/h3-14,18H,1-2H3,(H,21,24)/t14?,18-/m1/s1. The number of carbonyl (C=O) groups excluding carboxylic acids is 1. The zero-order chi connectivity index (χ0) is 17.6. The first kappa shape index (κ1) is 16.9. The lowest BCUT2D eigenvalue weighted by Gasteiger charge is -2.20. The van der Waals surface area contributed by atoms with Gasteiger partial charge in [-0.3, -0.25) is 4.79 Å². The lowest BCUT2D eigenvalue weighted by molar-refractivity contribution is -0.132. The van der Waals surface area contributed by atoms with Crippen molar-refractivity contribution < 1.29 is 9.53 Å². The van der Waals surface area contributed by atoms with Gasteiger partial charge in [0.25, 0.3) is 5.91 Å². The summed E-state index contributed by atoms with van der Waals surface area (Å²) in [6.45, 7) is 1.94. The van der Waals surface area contributed by atoms with Gasteiger partial charge in [-0.25, -0.2) is 4.68 Å². The predicted molar refractivity (Wildman–Crippen MR) is 94.1 cm³/mol. The van der Waals surface area contributed by atoms with E-state index in [1.54, 1.807) is 17.1 Å². The summed E-state index contributed by atoms with van der Waals surface area (Å²) in [5.41, 5.74) is 2.75. The number of benzene rings is 2. The van der Waals surface area contributed by atoms with Crippen LogP contribution in [-0.2, 0) is 9.53 Å². The van der Waals surface area contributed by atoms with E-state index in [4.69, 9.17) is 4.74 Å². The Morgan fingerprint density at radius 2 is 1.80 bits per heavy atom. The lowest BCUT2D eigenvalue weighted by Crippen LogP contribution is -2.32. The van der Waals surface area contributed by atoms with Crippen LogP contribution in [0.1, 0.15) is 30.2 Å². The maximum absolute atomic E-state index is 12.6. The fraction of sp³-hybridized carbons (Fsp3) is 0.211. The molecule has 3 rings (SSSR count). The van der Waals surface area contributed by atoms with Gasteiger partial charge in [0, 0.05) is 7.11 Å². The van der Waals surface area contributed by atoms with E-state index in [2.05, 4.69) is 15.6 Å². The van der Waals surface area contributed by atoms with Gasteiger partial charge in [0.15, 0.2) is 6.10 Å². The Labute approximate surface area is 146 Å². The molecule has 6 heteroatoms. The normalized spacial score (nSPS) is 13.2. The molecule has 1 aromatic heterocycles. The summed E-state index contributed by atoms with van der Waals surface area (Å²) >= 11 is 0. The minimum absolute atomic E-state index is 0.140. The van der Waals surface area contributed by atoms with E-state index in [0.717, 1.165) is 16.8 Å². The number of rotatable bonds is 6. The van der Waals surface area contributed by atoms with Crippen LogP contribution in [0, 0.1) is 0 Å². The summed E-state index contributed by atoms with van der Waals surface area (Å²) in [6.07, 6.45) is 2.78. The third-order valence-corrected chi connectivity index (χ3v) is 4.02. The zero-order valence-electron chi connectivity index (χ0n) is 14.2. The first-order valence-corrected chi connectivity index (χ1v) is 8.04. The Bertz CT molecular complexity index is 801. The van der Waals surface area contributed by atoms with Crippen molar-refractivity contribution in [2.75, 3.05) is 7.11 Å². The molecular formula is C19H20N4O2. The number of hydrogen-bond donors (Lipinski definition) is 1. The van der Waals surface area contributed by atoms with Crippen LogP contribution in [0.25, 0.3) is 5.69 Å². The van der Waals surface area contributed by atoms with Crippen LogP contribution in [0.3, 0.4) is 0 Å². The minimum Gasteiger partial charge on any atom is -0.367 e. The fourth-order valence-electron chi connectivity index (χ4n) is 2.66. The van der Waals surface area contributed by atoms with E-state index in [9.17, 15) is 4.79 Å². The van der Waals surface area contributed by atoms with E-state index in [1.165, 1.54) is 7.11 Å². The molecule has 0 saturated heterocycles. The van der Waals surface area contributed by atoms with Gasteiger partial charge in [-0.05, 0) is 30.2 Å². The third kappa shape index (κ3) is 3.92. The second-order valence-corrected chi connectivity index (χ2v) is 5.70. The fourth-order valence-corrected chi connectivity index (χ4v) is 2.66. The topological polar surface area (TPSA) is 69.0 Å². The van der Waals surface area contributed by atoms with Gasteiger partial charge in [0.2, 0.25) is 0 Å². The highest BCUT2D eigenvalue weighted by Crippen LogP contribution is 2.20. The van der Waals surface area contributed by atoms with Crippen LogP contribution < -0.4 is 5.32 Å². The molecule has 0 saturated carbocycles. The summed E-state index contributed by atoms with van der Waals surface area (Å²) in [7, 11) is 1.54. The van der Waals surface area contributed by atoms with E-state index in [1.807, 2.05) is 61.5 Å². The molecule has 3 aromatic rings. The van der Waals surface area contributed by atoms with Crippen molar-refractivity contribution in [2.45, 2.75) is 19.1 Å². The second-order valence-electron chi connectivity index (χ2n) is 5.70. The summed E-state index contributed by atoms with van der Waals surface area (Å²) in [5.74, 6) is -0.165. The van der Waals surface area contributed by atoms with Gasteiger partial charge in [-0.2, -0.15) is 0 Å². The van der Waals surface area contributed by atoms with Crippen molar-refractivity contribution >= 4 is 5.91 Å². The average molecular weight is 336 g/mol. The van der Waals surface area contributed by atoms with E-state index < -0.39 is 6.10 Å². The molecule has 1 unspecified atom stereocenters. The smallest absolute Gasteiger partial charge is 0.254 e. The summed E-state index contributed by atoms with van der Waals surface area (Å²) in [5, 5.41) is 10.8. The first-order valence-electron chi connectivity index (χ1n) is 8.04. The van der Waals surface area contributed by atoms with Crippen LogP contribution in [0.5, 0.6) is 0 Å². The number of amides is 1. The van der Waals surface area contributed by atoms with Crippen molar-refractivity contribution in [3.63, 3.8) is 0 Å². The molecule has 128 valence electrons. The van der Waals surface area contributed by atoms with Crippen LogP contribution in [0.4, 0.5) is 0 Å². The molecule has 1 N–H and O–H groups in total. The van der Waals surface area contributed by atoms with Crippen molar-refractivity contribution in [1.82, 2.24) is 20.3 Å². The molecule has 25 heavy (non-hydrogen) atoms. The third-order valence-electron chi connectivity index (χ3n) is 4.02. The van der Waals surface area contributed by atoms with Gasteiger partial charge in [-0.15, -0.1) is 5.10 Å². The number of ether oxygens (including phenoxy) is 1. The zero-order valence-corrected chi connectivity index (χ0v) is 14.2. The van der Waals surface area contributed by atoms with Crippen LogP contribution in [0.2, 0.25) is 0 Å². The molecule has 2 atom stereocenters.